The molecule has 3 aromatic rings. The highest BCUT2D eigenvalue weighted by molar-refractivity contribution is 7.98. The highest BCUT2D eigenvalue weighted by atomic mass is 35.5. The van der Waals surface area contributed by atoms with Crippen molar-refractivity contribution in [2.24, 2.45) is 0 Å². The number of hydrogen-bond acceptors (Lipinski definition) is 5. The zero-order valence-electron chi connectivity index (χ0n) is 13.5. The van der Waals surface area contributed by atoms with Crippen molar-refractivity contribution >= 4 is 29.1 Å². The lowest BCUT2D eigenvalue weighted by atomic mass is 10.3. The Kier molecular flexibility index (Phi) is 5.38. The van der Waals surface area contributed by atoms with Crippen LogP contribution < -0.4 is 5.32 Å². The van der Waals surface area contributed by atoms with Gasteiger partial charge in [-0.05, 0) is 36.6 Å². The van der Waals surface area contributed by atoms with E-state index < -0.39 is 11.9 Å². The van der Waals surface area contributed by atoms with E-state index in [-0.39, 0.29) is 6.54 Å². The summed E-state index contributed by atoms with van der Waals surface area (Å²) in [7, 11) is 0. The molecule has 0 radical (unpaired) electrons. The molecular formula is C16H13ClF3N5S. The van der Waals surface area contributed by atoms with Gasteiger partial charge in [-0.15, -0.1) is 16.9 Å². The third-order valence-corrected chi connectivity index (χ3v) is 4.69. The van der Waals surface area contributed by atoms with Crippen LogP contribution in [0.1, 0.15) is 11.4 Å². The minimum Gasteiger partial charge on any atom is -0.379 e. The van der Waals surface area contributed by atoms with Gasteiger partial charge in [-0.3, -0.25) is 4.98 Å². The van der Waals surface area contributed by atoms with Crippen LogP contribution in [-0.4, -0.2) is 26.2 Å². The molecule has 0 amide bonds. The van der Waals surface area contributed by atoms with E-state index in [2.05, 4.69) is 20.6 Å². The van der Waals surface area contributed by atoms with Gasteiger partial charge >= 0.3 is 6.18 Å². The lowest BCUT2D eigenvalue weighted by molar-refractivity contribution is -0.141. The normalized spacial score (nSPS) is 11.6. The van der Waals surface area contributed by atoms with E-state index in [9.17, 15) is 13.2 Å². The summed E-state index contributed by atoms with van der Waals surface area (Å²) in [5.74, 6) is 0. The summed E-state index contributed by atoms with van der Waals surface area (Å²) in [5, 5.41) is 11.5. The molecule has 2 heterocycles. The molecule has 0 saturated carbocycles. The molecule has 3 rings (SSSR count). The van der Waals surface area contributed by atoms with Crippen LogP contribution >= 0.6 is 23.4 Å². The van der Waals surface area contributed by atoms with Crippen molar-refractivity contribution in [3.8, 4) is 5.69 Å². The van der Waals surface area contributed by atoms with Crippen LogP contribution in [0.3, 0.4) is 0 Å². The van der Waals surface area contributed by atoms with Crippen LogP contribution in [0.4, 0.5) is 18.9 Å². The minimum atomic E-state index is -4.48. The maximum Gasteiger partial charge on any atom is 0.433 e. The van der Waals surface area contributed by atoms with Crippen molar-refractivity contribution in [2.75, 3.05) is 11.6 Å². The number of hydrogen-bond donors (Lipinski definition) is 1. The zero-order chi connectivity index (χ0) is 18.7. The Morgan fingerprint density at radius 2 is 2.04 bits per heavy atom. The standard InChI is InChI=1S/C16H13ClF3N5S/c1-26-14-3-2-12(7-13(14)17)25-9-11(23-24-25)8-22-10-4-5-21-15(6-10)16(18,19)20/h2-7,9H,8H2,1H3,(H,21,22). The molecular weight excluding hydrogens is 387 g/mol. The number of thioether (sulfide) groups is 1. The molecule has 136 valence electrons. The van der Waals surface area contributed by atoms with Gasteiger partial charge in [-0.1, -0.05) is 16.8 Å². The highest BCUT2D eigenvalue weighted by Crippen LogP contribution is 2.29. The van der Waals surface area contributed by atoms with Crippen LogP contribution in [-0.2, 0) is 12.7 Å². The summed E-state index contributed by atoms with van der Waals surface area (Å²) in [5.41, 5.74) is 0.666. The molecule has 1 aromatic carbocycles. The third-order valence-electron chi connectivity index (χ3n) is 3.46. The Bertz CT molecular complexity index is 913. The first-order chi connectivity index (χ1) is 12.4. The van der Waals surface area contributed by atoms with Gasteiger partial charge in [0.05, 0.1) is 23.5 Å². The SMILES string of the molecule is CSc1ccc(-n2cc(CNc3ccnc(C(F)(F)F)c3)nn2)cc1Cl. The fourth-order valence-electron chi connectivity index (χ4n) is 2.19. The van der Waals surface area contributed by atoms with Gasteiger partial charge in [0.2, 0.25) is 0 Å². The largest absolute Gasteiger partial charge is 0.433 e. The number of nitrogens with one attached hydrogen (secondary N) is 1. The third kappa shape index (κ3) is 4.28. The first-order valence-corrected chi connectivity index (χ1v) is 8.99. The van der Waals surface area contributed by atoms with E-state index in [1.807, 2.05) is 18.4 Å². The van der Waals surface area contributed by atoms with Gasteiger partial charge in [0, 0.05) is 16.8 Å². The van der Waals surface area contributed by atoms with E-state index >= 15 is 0 Å². The summed E-state index contributed by atoms with van der Waals surface area (Å²) >= 11 is 7.73. The second-order valence-corrected chi connectivity index (χ2v) is 6.51. The number of halogens is 4. The number of pyridine rings is 1. The molecule has 0 aliphatic heterocycles. The fraction of sp³-hybridized carbons (Fsp3) is 0.188. The molecule has 5 nitrogen and oxygen atoms in total. The van der Waals surface area contributed by atoms with Gasteiger partial charge in [0.15, 0.2) is 0 Å². The molecule has 0 atom stereocenters. The van der Waals surface area contributed by atoms with E-state index in [1.165, 1.54) is 6.07 Å². The molecule has 0 bridgehead atoms. The Balaban J connectivity index is 1.70. The minimum absolute atomic E-state index is 0.220. The van der Waals surface area contributed by atoms with Crippen molar-refractivity contribution in [1.29, 1.82) is 0 Å². The predicted molar refractivity (Wildman–Crippen MR) is 94.7 cm³/mol. The zero-order valence-corrected chi connectivity index (χ0v) is 15.0. The maximum atomic E-state index is 12.7. The first kappa shape index (κ1) is 18.5. The lowest BCUT2D eigenvalue weighted by Gasteiger charge is -2.08. The molecule has 2 aromatic heterocycles. The van der Waals surface area contributed by atoms with E-state index in [0.717, 1.165) is 22.8 Å². The summed E-state index contributed by atoms with van der Waals surface area (Å²) in [6.07, 6.45) is 0.243. The molecule has 0 spiro atoms. The van der Waals surface area contributed by atoms with Crippen molar-refractivity contribution < 1.29 is 13.2 Å². The number of benzene rings is 1. The van der Waals surface area contributed by atoms with Crippen molar-refractivity contribution in [3.05, 3.63) is 59.1 Å². The summed E-state index contributed by atoms with van der Waals surface area (Å²) in [6.45, 7) is 0.220. The van der Waals surface area contributed by atoms with Crippen molar-refractivity contribution in [2.45, 2.75) is 17.6 Å². The second kappa shape index (κ2) is 7.55. The second-order valence-electron chi connectivity index (χ2n) is 5.25. The average molecular weight is 400 g/mol. The Hall–Kier alpha value is -2.26. The van der Waals surface area contributed by atoms with Crippen LogP contribution in [0.2, 0.25) is 5.02 Å². The molecule has 0 unspecified atom stereocenters. The first-order valence-electron chi connectivity index (χ1n) is 7.39. The molecule has 0 saturated heterocycles. The molecule has 0 fully saturated rings. The topological polar surface area (TPSA) is 55.6 Å². The van der Waals surface area contributed by atoms with Crippen LogP contribution in [0.5, 0.6) is 0 Å². The van der Waals surface area contributed by atoms with Crippen molar-refractivity contribution in [3.63, 3.8) is 0 Å². The summed E-state index contributed by atoms with van der Waals surface area (Å²) in [4.78, 5) is 4.27. The summed E-state index contributed by atoms with van der Waals surface area (Å²) in [6, 6.07) is 7.93. The van der Waals surface area contributed by atoms with E-state index in [4.69, 9.17) is 11.6 Å². The van der Waals surface area contributed by atoms with Gasteiger partial charge in [-0.25, -0.2) is 4.68 Å². The fourth-order valence-corrected chi connectivity index (χ4v) is 3.06. The number of rotatable bonds is 5. The Morgan fingerprint density at radius 1 is 1.23 bits per heavy atom. The van der Waals surface area contributed by atoms with Gasteiger partial charge < -0.3 is 5.32 Å². The predicted octanol–water partition coefficient (Wildman–Crippen LogP) is 4.67. The van der Waals surface area contributed by atoms with E-state index in [0.29, 0.717) is 16.4 Å². The van der Waals surface area contributed by atoms with Gasteiger partial charge in [-0.2, -0.15) is 13.2 Å². The van der Waals surface area contributed by atoms with E-state index in [1.54, 1.807) is 28.7 Å². The molecule has 26 heavy (non-hydrogen) atoms. The number of nitrogens with zero attached hydrogens (tertiary/aromatic N) is 4. The number of aromatic nitrogens is 4. The summed E-state index contributed by atoms with van der Waals surface area (Å²) < 4.78 is 39.6. The average Bonchev–Trinajstić information content (AvgIpc) is 3.08. The maximum absolute atomic E-state index is 12.7. The smallest absolute Gasteiger partial charge is 0.379 e. The molecule has 10 heteroatoms. The monoisotopic (exact) mass is 399 g/mol. The Labute approximate surface area is 156 Å². The van der Waals surface area contributed by atoms with Gasteiger partial charge in [0.25, 0.3) is 0 Å². The number of anilines is 1. The van der Waals surface area contributed by atoms with Crippen LogP contribution in [0.15, 0.2) is 47.6 Å². The molecule has 1 N–H and O–H groups in total. The lowest BCUT2D eigenvalue weighted by Crippen LogP contribution is -2.09. The van der Waals surface area contributed by atoms with Crippen LogP contribution in [0, 0.1) is 0 Å². The molecule has 0 aliphatic carbocycles. The van der Waals surface area contributed by atoms with Gasteiger partial charge in [0.1, 0.15) is 11.4 Å². The number of alkyl halides is 3. The highest BCUT2D eigenvalue weighted by Gasteiger charge is 2.32. The molecule has 0 aliphatic rings. The Morgan fingerprint density at radius 3 is 2.73 bits per heavy atom. The van der Waals surface area contributed by atoms with Crippen molar-refractivity contribution in [1.82, 2.24) is 20.0 Å². The van der Waals surface area contributed by atoms with Crippen LogP contribution in [0.25, 0.3) is 5.69 Å². The quantitative estimate of drug-likeness (QED) is 0.632.